The fraction of sp³-hybridized carbons (Fsp3) is 0.222. The van der Waals surface area contributed by atoms with Gasteiger partial charge in [0.15, 0.2) is 0 Å². The Morgan fingerprint density at radius 1 is 1.12 bits per heavy atom. The number of fused-ring (bicyclic) bond motifs is 1. The number of carbonyl (C=O) groups is 1. The van der Waals surface area contributed by atoms with Crippen LogP contribution in [0.15, 0.2) is 47.5 Å². The number of nitrogens with one attached hydrogen (secondary N) is 2. The molecule has 2 N–H and O–H groups in total. The van der Waals surface area contributed by atoms with Crippen LogP contribution < -0.4 is 14.9 Å². The van der Waals surface area contributed by atoms with Crippen molar-refractivity contribution >= 4 is 44.4 Å². The molecule has 8 heteroatoms. The molecule has 0 radical (unpaired) electrons. The summed E-state index contributed by atoms with van der Waals surface area (Å²) < 4.78 is 26.0. The van der Waals surface area contributed by atoms with Gasteiger partial charge in [-0.25, -0.2) is 13.4 Å². The molecule has 0 spiro atoms. The van der Waals surface area contributed by atoms with E-state index in [0.717, 1.165) is 5.69 Å². The molecule has 0 fully saturated rings. The number of rotatable bonds is 5. The number of hydrogen-bond acceptors (Lipinski definition) is 5. The summed E-state index contributed by atoms with van der Waals surface area (Å²) in [5.41, 5.74) is 3.52. The van der Waals surface area contributed by atoms with Gasteiger partial charge in [0, 0.05) is 31.0 Å². The minimum absolute atomic E-state index is 0.0273. The Hall–Kier alpha value is -2.87. The third-order valence-corrected chi connectivity index (χ3v) is 5.31. The second kappa shape index (κ2) is 6.80. The van der Waals surface area contributed by atoms with E-state index in [9.17, 15) is 13.2 Å². The first-order valence-corrected chi connectivity index (χ1v) is 9.76. The van der Waals surface area contributed by atoms with Crippen molar-refractivity contribution in [3.63, 3.8) is 0 Å². The highest BCUT2D eigenvalue weighted by Crippen LogP contribution is 2.29. The second-order valence-electron chi connectivity index (χ2n) is 6.09. The lowest BCUT2D eigenvalue weighted by Gasteiger charge is -2.11. The van der Waals surface area contributed by atoms with Crippen molar-refractivity contribution in [2.75, 3.05) is 34.8 Å². The lowest BCUT2D eigenvalue weighted by molar-refractivity contribution is -0.110. The Balaban J connectivity index is 1.96. The smallest absolute Gasteiger partial charge is 0.275 e. The van der Waals surface area contributed by atoms with Crippen LogP contribution in [0.4, 0.5) is 22.7 Å². The Bertz CT molecular complexity index is 980. The predicted octanol–water partition coefficient (Wildman–Crippen LogP) is 2.59. The van der Waals surface area contributed by atoms with Gasteiger partial charge in [0.05, 0.1) is 17.1 Å². The highest BCUT2D eigenvalue weighted by atomic mass is 32.2. The van der Waals surface area contributed by atoms with Gasteiger partial charge < -0.3 is 10.2 Å². The zero-order chi connectivity index (χ0) is 18.9. The van der Waals surface area contributed by atoms with Crippen molar-refractivity contribution in [1.82, 2.24) is 0 Å². The van der Waals surface area contributed by atoms with Gasteiger partial charge in [-0.1, -0.05) is 0 Å². The second-order valence-corrected chi connectivity index (χ2v) is 8.10. The summed E-state index contributed by atoms with van der Waals surface area (Å²) in [5, 5.41) is 2.75. The molecule has 0 unspecified atom stereocenters. The molecule has 3 rings (SSSR count). The van der Waals surface area contributed by atoms with Gasteiger partial charge in [-0.3, -0.25) is 9.52 Å². The summed E-state index contributed by atoms with van der Waals surface area (Å²) in [6.45, 7) is 1.56. The van der Waals surface area contributed by atoms with Gasteiger partial charge in [-0.2, -0.15) is 0 Å². The summed E-state index contributed by atoms with van der Waals surface area (Å²) in [6, 6.07) is 12.4. The number of aliphatic imine (C=N–C) groups is 1. The molecule has 0 saturated heterocycles. The van der Waals surface area contributed by atoms with E-state index < -0.39 is 10.0 Å². The monoisotopic (exact) mass is 372 g/mol. The highest BCUT2D eigenvalue weighted by Gasteiger charge is 2.26. The quantitative estimate of drug-likeness (QED) is 0.844. The fourth-order valence-corrected chi connectivity index (χ4v) is 3.16. The number of carbonyl (C=O) groups excluding carboxylic acids is 1. The summed E-state index contributed by atoms with van der Waals surface area (Å²) in [7, 11) is 0.497. The first-order valence-electron chi connectivity index (χ1n) is 8.11. The van der Waals surface area contributed by atoms with E-state index in [1.807, 2.05) is 43.3 Å². The van der Waals surface area contributed by atoms with Gasteiger partial charge in [0.2, 0.25) is 10.0 Å². The van der Waals surface area contributed by atoms with Crippen molar-refractivity contribution < 1.29 is 13.2 Å². The molecule has 2 aromatic rings. The largest absolute Gasteiger partial charge is 0.378 e. The first-order chi connectivity index (χ1) is 12.3. The number of sulfonamides is 1. The molecule has 1 aliphatic heterocycles. The molecule has 2 aromatic carbocycles. The van der Waals surface area contributed by atoms with E-state index in [0.29, 0.717) is 22.6 Å². The number of amides is 1. The normalized spacial score (nSPS) is 14.9. The van der Waals surface area contributed by atoms with Crippen LogP contribution in [0.25, 0.3) is 0 Å². The molecule has 0 bridgehead atoms. The molecule has 136 valence electrons. The average Bonchev–Trinajstić information content (AvgIpc) is 2.90. The topological polar surface area (TPSA) is 90.9 Å². The number of anilines is 3. The van der Waals surface area contributed by atoms with Crippen molar-refractivity contribution in [3.05, 3.63) is 48.0 Å². The molecule has 0 aliphatic carbocycles. The SMILES string of the molecule is CCS(=O)(=O)Nc1ccc2c(c1)C(=Nc1ccc(N(C)C)cc1)C(=O)N2. The third kappa shape index (κ3) is 3.70. The van der Waals surface area contributed by atoms with Gasteiger partial charge in [-0.15, -0.1) is 0 Å². The van der Waals surface area contributed by atoms with Crippen LogP contribution in [0.1, 0.15) is 12.5 Å². The van der Waals surface area contributed by atoms with Crippen molar-refractivity contribution in [3.8, 4) is 0 Å². The van der Waals surface area contributed by atoms with Crippen LogP contribution >= 0.6 is 0 Å². The Kier molecular flexibility index (Phi) is 4.69. The zero-order valence-electron chi connectivity index (χ0n) is 14.8. The Labute approximate surface area is 152 Å². The molecule has 0 saturated carbocycles. The number of benzene rings is 2. The zero-order valence-corrected chi connectivity index (χ0v) is 15.6. The lowest BCUT2D eigenvalue weighted by atomic mass is 10.1. The van der Waals surface area contributed by atoms with Gasteiger partial charge >= 0.3 is 0 Å². The summed E-state index contributed by atoms with van der Waals surface area (Å²) >= 11 is 0. The van der Waals surface area contributed by atoms with E-state index in [2.05, 4.69) is 15.0 Å². The van der Waals surface area contributed by atoms with Crippen LogP contribution in [0.3, 0.4) is 0 Å². The van der Waals surface area contributed by atoms with E-state index in [4.69, 9.17) is 0 Å². The summed E-state index contributed by atoms with van der Waals surface area (Å²) in [5.74, 6) is -0.340. The minimum Gasteiger partial charge on any atom is -0.378 e. The van der Waals surface area contributed by atoms with Crippen molar-refractivity contribution in [2.24, 2.45) is 4.99 Å². The molecular weight excluding hydrogens is 352 g/mol. The van der Waals surface area contributed by atoms with Crippen LogP contribution in [-0.2, 0) is 14.8 Å². The van der Waals surface area contributed by atoms with Crippen LogP contribution in [0.2, 0.25) is 0 Å². The van der Waals surface area contributed by atoms with E-state index in [-0.39, 0.29) is 17.4 Å². The van der Waals surface area contributed by atoms with Crippen LogP contribution in [0, 0.1) is 0 Å². The van der Waals surface area contributed by atoms with Gasteiger partial charge in [-0.05, 0) is 49.4 Å². The summed E-state index contributed by atoms with van der Waals surface area (Å²) in [4.78, 5) is 18.7. The maximum absolute atomic E-state index is 12.3. The lowest BCUT2D eigenvalue weighted by Crippen LogP contribution is -2.15. The molecule has 1 amide bonds. The van der Waals surface area contributed by atoms with E-state index >= 15 is 0 Å². The number of nitrogens with zero attached hydrogens (tertiary/aromatic N) is 2. The average molecular weight is 372 g/mol. The fourth-order valence-electron chi connectivity index (χ4n) is 2.53. The van der Waals surface area contributed by atoms with Crippen molar-refractivity contribution in [1.29, 1.82) is 0 Å². The first kappa shape index (κ1) is 17.9. The molecule has 1 aliphatic rings. The molecule has 1 heterocycles. The van der Waals surface area contributed by atoms with Gasteiger partial charge in [0.25, 0.3) is 5.91 Å². The standard InChI is InChI=1S/C18H20N4O3S/c1-4-26(24,25)21-13-7-10-16-15(11-13)17(18(23)20-16)19-12-5-8-14(9-6-12)22(2)3/h5-11,21H,4H2,1-3H3,(H,19,20,23). The Morgan fingerprint density at radius 3 is 2.42 bits per heavy atom. The van der Waals surface area contributed by atoms with E-state index in [1.54, 1.807) is 25.1 Å². The molecular formula is C18H20N4O3S. The molecule has 7 nitrogen and oxygen atoms in total. The van der Waals surface area contributed by atoms with E-state index in [1.165, 1.54) is 0 Å². The van der Waals surface area contributed by atoms with Crippen LogP contribution in [0.5, 0.6) is 0 Å². The minimum atomic E-state index is -3.39. The Morgan fingerprint density at radius 2 is 1.81 bits per heavy atom. The molecule has 0 atom stereocenters. The summed E-state index contributed by atoms with van der Waals surface area (Å²) in [6.07, 6.45) is 0. The van der Waals surface area contributed by atoms with Crippen LogP contribution in [-0.4, -0.2) is 39.9 Å². The predicted molar refractivity (Wildman–Crippen MR) is 105 cm³/mol. The molecule has 0 aromatic heterocycles. The van der Waals surface area contributed by atoms with Crippen molar-refractivity contribution in [2.45, 2.75) is 6.92 Å². The maximum Gasteiger partial charge on any atom is 0.275 e. The maximum atomic E-state index is 12.3. The highest BCUT2D eigenvalue weighted by molar-refractivity contribution is 7.92. The van der Waals surface area contributed by atoms with Gasteiger partial charge in [0.1, 0.15) is 5.71 Å². The molecule has 26 heavy (non-hydrogen) atoms. The third-order valence-electron chi connectivity index (χ3n) is 4.00. The number of hydrogen-bond donors (Lipinski definition) is 2.